The van der Waals surface area contributed by atoms with Crippen LogP contribution in [-0.4, -0.2) is 23.3 Å². The first kappa shape index (κ1) is 15.5. The third-order valence-electron chi connectivity index (χ3n) is 3.13. The predicted octanol–water partition coefficient (Wildman–Crippen LogP) is 3.22. The van der Waals surface area contributed by atoms with E-state index in [0.29, 0.717) is 26.3 Å². The molecule has 1 aromatic heterocycles. The number of hydrogen-bond donors (Lipinski definition) is 1. The highest BCUT2D eigenvalue weighted by Crippen LogP contribution is 2.28. The second-order valence-electron chi connectivity index (χ2n) is 4.62. The van der Waals surface area contributed by atoms with Crippen molar-refractivity contribution in [2.45, 2.75) is 0 Å². The Kier molecular flexibility index (Phi) is 4.31. The maximum atomic E-state index is 11.6. The number of amides is 1. The summed E-state index contributed by atoms with van der Waals surface area (Å²) >= 11 is 6.14. The van der Waals surface area contributed by atoms with E-state index in [-0.39, 0.29) is 11.9 Å². The number of ether oxygens (including phenoxy) is 1. The fraction of sp³-hybridized carbons (Fsp3) is 0.0625. The van der Waals surface area contributed by atoms with Crippen molar-refractivity contribution >= 4 is 46.3 Å². The Morgan fingerprint density at radius 1 is 1.26 bits per heavy atom. The number of hydrogen-bond acceptors (Lipinski definition) is 6. The second-order valence-corrected chi connectivity index (χ2v) is 6.34. The Labute approximate surface area is 141 Å². The Bertz CT molecular complexity index is 821. The van der Waals surface area contributed by atoms with Gasteiger partial charge in [-0.1, -0.05) is 36.1 Å². The maximum Gasteiger partial charge on any atom is 0.337 e. The van der Waals surface area contributed by atoms with Crippen LogP contribution in [0.2, 0.25) is 0 Å². The monoisotopic (exact) mass is 345 g/mol. The molecule has 1 aliphatic heterocycles. The molecule has 116 valence electrons. The van der Waals surface area contributed by atoms with Gasteiger partial charge >= 0.3 is 5.97 Å². The number of furan rings is 1. The molecule has 7 heteroatoms. The van der Waals surface area contributed by atoms with E-state index in [1.807, 2.05) is 0 Å². The number of benzene rings is 1. The van der Waals surface area contributed by atoms with E-state index in [2.05, 4.69) is 10.1 Å². The van der Waals surface area contributed by atoms with Crippen LogP contribution in [0.25, 0.3) is 17.4 Å². The van der Waals surface area contributed by atoms with Crippen molar-refractivity contribution in [1.29, 1.82) is 0 Å². The van der Waals surface area contributed by atoms with Gasteiger partial charge in [0.2, 0.25) is 0 Å². The van der Waals surface area contributed by atoms with Gasteiger partial charge in [0.1, 0.15) is 15.8 Å². The van der Waals surface area contributed by atoms with Gasteiger partial charge in [-0.2, -0.15) is 0 Å². The molecule has 0 aliphatic carbocycles. The molecule has 23 heavy (non-hydrogen) atoms. The van der Waals surface area contributed by atoms with Crippen molar-refractivity contribution in [2.24, 2.45) is 0 Å². The van der Waals surface area contributed by atoms with E-state index in [1.165, 1.54) is 18.9 Å². The molecule has 1 amide bonds. The summed E-state index contributed by atoms with van der Waals surface area (Å²) in [7, 11) is 1.34. The lowest BCUT2D eigenvalue weighted by Gasteiger charge is -2.00. The highest BCUT2D eigenvalue weighted by molar-refractivity contribution is 8.26. The quantitative estimate of drug-likeness (QED) is 0.523. The van der Waals surface area contributed by atoms with Crippen LogP contribution < -0.4 is 5.32 Å². The lowest BCUT2D eigenvalue weighted by molar-refractivity contribution is -0.115. The molecule has 5 nitrogen and oxygen atoms in total. The van der Waals surface area contributed by atoms with Gasteiger partial charge in [-0.3, -0.25) is 4.79 Å². The summed E-state index contributed by atoms with van der Waals surface area (Å²) in [6, 6.07) is 10.4. The molecule has 2 aromatic rings. The molecular weight excluding hydrogens is 334 g/mol. The lowest BCUT2D eigenvalue weighted by atomic mass is 10.1. The van der Waals surface area contributed by atoms with Crippen molar-refractivity contribution in [2.75, 3.05) is 7.11 Å². The number of esters is 1. The Morgan fingerprint density at radius 2 is 2.00 bits per heavy atom. The first-order chi connectivity index (χ1) is 11.1. The van der Waals surface area contributed by atoms with Crippen LogP contribution in [0.15, 0.2) is 45.7 Å². The second kappa shape index (κ2) is 6.39. The molecule has 1 fully saturated rings. The van der Waals surface area contributed by atoms with Crippen molar-refractivity contribution in [1.82, 2.24) is 5.32 Å². The summed E-state index contributed by atoms with van der Waals surface area (Å²) < 4.78 is 10.8. The summed E-state index contributed by atoms with van der Waals surface area (Å²) in [6.07, 6.45) is 1.64. The third-order valence-corrected chi connectivity index (χ3v) is 4.30. The molecule has 1 N–H and O–H groups in total. The minimum Gasteiger partial charge on any atom is -0.465 e. The normalized spacial score (nSPS) is 15.8. The minimum absolute atomic E-state index is 0.222. The van der Waals surface area contributed by atoms with Crippen molar-refractivity contribution in [3.63, 3.8) is 0 Å². The molecule has 1 saturated heterocycles. The Morgan fingerprint density at radius 3 is 2.61 bits per heavy atom. The van der Waals surface area contributed by atoms with Crippen LogP contribution in [-0.2, 0) is 9.53 Å². The van der Waals surface area contributed by atoms with Crippen molar-refractivity contribution < 1.29 is 18.7 Å². The predicted molar refractivity (Wildman–Crippen MR) is 91.8 cm³/mol. The highest BCUT2D eigenvalue weighted by atomic mass is 32.2. The first-order valence-corrected chi connectivity index (χ1v) is 7.83. The Balaban J connectivity index is 1.82. The maximum absolute atomic E-state index is 11.6. The van der Waals surface area contributed by atoms with E-state index >= 15 is 0 Å². The van der Waals surface area contributed by atoms with Gasteiger partial charge in [0, 0.05) is 11.6 Å². The highest BCUT2D eigenvalue weighted by Gasteiger charge is 2.22. The zero-order valence-corrected chi connectivity index (χ0v) is 13.6. The summed E-state index contributed by atoms with van der Waals surface area (Å²) in [4.78, 5) is 23.5. The molecule has 3 rings (SSSR count). The van der Waals surface area contributed by atoms with Gasteiger partial charge in [0.15, 0.2) is 0 Å². The number of carbonyl (C=O) groups excluding carboxylic acids is 2. The van der Waals surface area contributed by atoms with Crippen LogP contribution in [0.1, 0.15) is 16.1 Å². The van der Waals surface area contributed by atoms with Gasteiger partial charge in [0.25, 0.3) is 5.91 Å². The molecule has 0 unspecified atom stereocenters. The van der Waals surface area contributed by atoms with Crippen molar-refractivity contribution in [3.05, 3.63) is 52.6 Å². The van der Waals surface area contributed by atoms with Crippen LogP contribution in [0.3, 0.4) is 0 Å². The summed E-state index contributed by atoms with van der Waals surface area (Å²) in [5, 5.41) is 2.55. The van der Waals surface area contributed by atoms with E-state index in [0.717, 1.165) is 5.56 Å². The van der Waals surface area contributed by atoms with E-state index in [9.17, 15) is 9.59 Å². The van der Waals surface area contributed by atoms with Gasteiger partial charge in [-0.15, -0.1) is 0 Å². The molecule has 2 heterocycles. The minimum atomic E-state index is -0.387. The van der Waals surface area contributed by atoms with Gasteiger partial charge < -0.3 is 14.5 Å². The zero-order chi connectivity index (χ0) is 16.4. The molecule has 0 atom stereocenters. The summed E-state index contributed by atoms with van der Waals surface area (Å²) in [5.41, 5.74) is 1.29. The number of thioether (sulfide) groups is 1. The molecule has 0 bridgehead atoms. The van der Waals surface area contributed by atoms with Gasteiger partial charge in [-0.05, 0) is 24.3 Å². The summed E-state index contributed by atoms with van der Waals surface area (Å²) in [5.74, 6) is 0.584. The van der Waals surface area contributed by atoms with Gasteiger partial charge in [0.05, 0.1) is 17.6 Å². The first-order valence-electron chi connectivity index (χ1n) is 6.60. The molecule has 0 saturated carbocycles. The number of nitrogens with one attached hydrogen (secondary N) is 1. The van der Waals surface area contributed by atoms with Crippen LogP contribution >= 0.6 is 24.0 Å². The molecule has 0 radical (unpaired) electrons. The van der Waals surface area contributed by atoms with Crippen LogP contribution in [0.4, 0.5) is 0 Å². The third kappa shape index (κ3) is 3.35. The fourth-order valence-electron chi connectivity index (χ4n) is 2.02. The largest absolute Gasteiger partial charge is 0.465 e. The van der Waals surface area contributed by atoms with Crippen LogP contribution in [0.5, 0.6) is 0 Å². The SMILES string of the molecule is COC(=O)c1ccc(-c2ccc(C=C3SC(=S)NC3=O)o2)cc1. The fourth-order valence-corrected chi connectivity index (χ4v) is 3.05. The van der Waals surface area contributed by atoms with Crippen LogP contribution in [0, 0.1) is 0 Å². The lowest BCUT2D eigenvalue weighted by Crippen LogP contribution is -2.17. The summed E-state index contributed by atoms with van der Waals surface area (Å²) in [6.45, 7) is 0. The Hall–Kier alpha value is -2.38. The van der Waals surface area contributed by atoms with E-state index < -0.39 is 0 Å². The number of thiocarbonyl (C=S) groups is 1. The number of methoxy groups -OCH3 is 1. The molecule has 0 spiro atoms. The van der Waals surface area contributed by atoms with E-state index in [4.69, 9.17) is 16.6 Å². The van der Waals surface area contributed by atoms with Crippen molar-refractivity contribution in [3.8, 4) is 11.3 Å². The standard InChI is InChI=1S/C16H11NO4S2/c1-20-15(19)10-4-2-9(3-5-10)12-7-6-11(21-12)8-13-14(18)17-16(22)23-13/h2-8H,1H3,(H,17,18,22). The molecule has 1 aliphatic rings. The topological polar surface area (TPSA) is 68.5 Å². The smallest absolute Gasteiger partial charge is 0.337 e. The average Bonchev–Trinajstić information content (AvgIpc) is 3.14. The van der Waals surface area contributed by atoms with E-state index in [1.54, 1.807) is 42.5 Å². The number of carbonyl (C=O) groups is 2. The zero-order valence-electron chi connectivity index (χ0n) is 12.0. The number of rotatable bonds is 3. The molecular formula is C16H11NO4S2. The average molecular weight is 345 g/mol. The molecule has 1 aromatic carbocycles. The van der Waals surface area contributed by atoms with Gasteiger partial charge in [-0.25, -0.2) is 4.79 Å².